The van der Waals surface area contributed by atoms with Crippen LogP contribution in [0.1, 0.15) is 0 Å². The van der Waals surface area contributed by atoms with Crippen LogP contribution in [-0.4, -0.2) is 14.2 Å². The molecule has 0 amide bonds. The van der Waals surface area contributed by atoms with Crippen molar-refractivity contribution in [2.24, 2.45) is 0 Å². The van der Waals surface area contributed by atoms with Gasteiger partial charge >= 0.3 is 0 Å². The molecule has 0 atom stereocenters. The third-order valence-corrected chi connectivity index (χ3v) is 1.21. The topological polar surface area (TPSA) is 18.5 Å². The molecule has 0 heterocycles. The highest BCUT2D eigenvalue weighted by molar-refractivity contribution is 5.31. The van der Waals surface area contributed by atoms with E-state index < -0.39 is 0 Å². The van der Waals surface area contributed by atoms with Crippen molar-refractivity contribution in [2.75, 3.05) is 14.2 Å². The summed E-state index contributed by atoms with van der Waals surface area (Å²) < 4.78 is 9.89. The Morgan fingerprint density at radius 2 is 1.60 bits per heavy atom. The number of hydrogen-bond donors (Lipinski definition) is 0. The lowest BCUT2D eigenvalue weighted by atomic mass is 10.3. The summed E-state index contributed by atoms with van der Waals surface area (Å²) in [6.45, 7) is 0. The van der Waals surface area contributed by atoms with Gasteiger partial charge in [-0.25, -0.2) is 0 Å². The number of ether oxygens (including phenoxy) is 2. The summed E-state index contributed by atoms with van der Waals surface area (Å²) in [7, 11) is 3.23. The van der Waals surface area contributed by atoms with Crippen LogP contribution in [0.5, 0.6) is 11.5 Å². The Labute approximate surface area is 60.4 Å². The van der Waals surface area contributed by atoms with Gasteiger partial charge in [0, 0.05) is 6.07 Å². The lowest BCUT2D eigenvalue weighted by molar-refractivity contribution is 0.394. The predicted molar refractivity (Wildman–Crippen MR) is 38.4 cm³/mol. The SMILES string of the molecule is COc1c[c]cc(OC)c1. The Kier molecular flexibility index (Phi) is 2.15. The fourth-order valence-electron chi connectivity index (χ4n) is 0.665. The highest BCUT2D eigenvalue weighted by Gasteiger charge is 1.92. The van der Waals surface area contributed by atoms with Crippen molar-refractivity contribution in [3.05, 3.63) is 24.3 Å². The average molecular weight is 137 g/mol. The maximum absolute atomic E-state index is 4.95. The second-order valence-corrected chi connectivity index (χ2v) is 1.81. The van der Waals surface area contributed by atoms with Crippen LogP contribution in [0.25, 0.3) is 0 Å². The number of hydrogen-bond acceptors (Lipinski definition) is 2. The second kappa shape index (κ2) is 3.11. The van der Waals surface area contributed by atoms with Crippen LogP contribution < -0.4 is 9.47 Å². The van der Waals surface area contributed by atoms with Crippen molar-refractivity contribution in [3.8, 4) is 11.5 Å². The van der Waals surface area contributed by atoms with E-state index in [2.05, 4.69) is 6.07 Å². The molecule has 0 saturated heterocycles. The van der Waals surface area contributed by atoms with Crippen LogP contribution in [0, 0.1) is 6.07 Å². The Hall–Kier alpha value is -1.18. The van der Waals surface area contributed by atoms with Crippen LogP contribution in [0.15, 0.2) is 18.2 Å². The van der Waals surface area contributed by atoms with E-state index in [0.29, 0.717) is 0 Å². The molecule has 0 saturated carbocycles. The van der Waals surface area contributed by atoms with Crippen molar-refractivity contribution in [3.63, 3.8) is 0 Å². The monoisotopic (exact) mass is 137 g/mol. The molecule has 0 aromatic heterocycles. The van der Waals surface area contributed by atoms with Crippen molar-refractivity contribution >= 4 is 0 Å². The molecule has 1 radical (unpaired) electrons. The first kappa shape index (κ1) is 6.93. The highest BCUT2D eigenvalue weighted by Crippen LogP contribution is 2.17. The van der Waals surface area contributed by atoms with Crippen molar-refractivity contribution < 1.29 is 9.47 Å². The van der Waals surface area contributed by atoms with Crippen molar-refractivity contribution in [2.45, 2.75) is 0 Å². The molecule has 10 heavy (non-hydrogen) atoms. The van der Waals surface area contributed by atoms with Gasteiger partial charge in [-0.3, -0.25) is 0 Å². The minimum absolute atomic E-state index is 0.763. The summed E-state index contributed by atoms with van der Waals surface area (Å²) in [5.41, 5.74) is 0. The lowest BCUT2D eigenvalue weighted by Gasteiger charge is -2.01. The Morgan fingerprint density at radius 3 is 2.00 bits per heavy atom. The van der Waals surface area contributed by atoms with Gasteiger partial charge in [0.2, 0.25) is 0 Å². The summed E-state index contributed by atoms with van der Waals surface area (Å²) in [4.78, 5) is 0. The normalized spacial score (nSPS) is 9.00. The van der Waals surface area contributed by atoms with Gasteiger partial charge < -0.3 is 9.47 Å². The van der Waals surface area contributed by atoms with Crippen molar-refractivity contribution in [1.29, 1.82) is 0 Å². The second-order valence-electron chi connectivity index (χ2n) is 1.81. The first-order valence-corrected chi connectivity index (χ1v) is 2.96. The molecule has 0 aliphatic rings. The molecule has 0 bridgehead atoms. The Bertz CT molecular complexity index is 189. The van der Waals surface area contributed by atoms with E-state index in [4.69, 9.17) is 9.47 Å². The summed E-state index contributed by atoms with van der Waals surface area (Å²) >= 11 is 0. The molecule has 0 aliphatic carbocycles. The van der Waals surface area contributed by atoms with E-state index in [1.54, 1.807) is 32.4 Å². The van der Waals surface area contributed by atoms with Crippen LogP contribution in [0.4, 0.5) is 0 Å². The van der Waals surface area contributed by atoms with Crippen LogP contribution >= 0.6 is 0 Å². The Morgan fingerprint density at radius 1 is 1.10 bits per heavy atom. The van der Waals surface area contributed by atoms with Gasteiger partial charge in [0.1, 0.15) is 11.5 Å². The molecule has 1 aromatic rings. The van der Waals surface area contributed by atoms with Gasteiger partial charge in [-0.2, -0.15) is 0 Å². The minimum Gasteiger partial charge on any atom is -0.497 e. The summed E-state index contributed by atoms with van der Waals surface area (Å²) in [5.74, 6) is 1.53. The van der Waals surface area contributed by atoms with E-state index in [1.165, 1.54) is 0 Å². The molecular formula is C8H9O2. The third kappa shape index (κ3) is 1.41. The molecule has 2 heteroatoms. The van der Waals surface area contributed by atoms with Gasteiger partial charge in [-0.15, -0.1) is 0 Å². The standard InChI is InChI=1S/C8H9O2/c1-9-7-4-3-5-8(6-7)10-2/h4-6H,1-2H3. The van der Waals surface area contributed by atoms with E-state index in [1.807, 2.05) is 0 Å². The molecule has 0 spiro atoms. The first-order chi connectivity index (χ1) is 4.86. The van der Waals surface area contributed by atoms with Crippen molar-refractivity contribution in [1.82, 2.24) is 0 Å². The van der Waals surface area contributed by atoms with Gasteiger partial charge in [0.05, 0.1) is 14.2 Å². The number of methoxy groups -OCH3 is 2. The minimum atomic E-state index is 0.763. The van der Waals surface area contributed by atoms with Gasteiger partial charge in [-0.05, 0) is 18.2 Å². The first-order valence-electron chi connectivity index (χ1n) is 2.96. The van der Waals surface area contributed by atoms with Crippen LogP contribution in [-0.2, 0) is 0 Å². The molecule has 1 rings (SSSR count). The van der Waals surface area contributed by atoms with Gasteiger partial charge in [0.25, 0.3) is 0 Å². The molecule has 0 aliphatic heterocycles. The highest BCUT2D eigenvalue weighted by atomic mass is 16.5. The molecular weight excluding hydrogens is 128 g/mol. The largest absolute Gasteiger partial charge is 0.497 e. The summed E-state index contributed by atoms with van der Waals surface area (Å²) in [6.07, 6.45) is 0. The van der Waals surface area contributed by atoms with Gasteiger partial charge in [-0.1, -0.05) is 0 Å². The van der Waals surface area contributed by atoms with Gasteiger partial charge in [0.15, 0.2) is 0 Å². The third-order valence-electron chi connectivity index (χ3n) is 1.21. The molecule has 53 valence electrons. The maximum atomic E-state index is 4.95. The lowest BCUT2D eigenvalue weighted by Crippen LogP contribution is -1.85. The number of rotatable bonds is 2. The zero-order valence-corrected chi connectivity index (χ0v) is 6.05. The van der Waals surface area contributed by atoms with E-state index >= 15 is 0 Å². The zero-order valence-electron chi connectivity index (χ0n) is 6.05. The summed E-state index contributed by atoms with van der Waals surface area (Å²) in [6, 6.07) is 8.19. The van der Waals surface area contributed by atoms with E-state index in [9.17, 15) is 0 Å². The number of benzene rings is 1. The predicted octanol–water partition coefficient (Wildman–Crippen LogP) is 1.50. The average Bonchev–Trinajstić information content (AvgIpc) is 2.05. The quantitative estimate of drug-likeness (QED) is 0.615. The maximum Gasteiger partial charge on any atom is 0.123 e. The van der Waals surface area contributed by atoms with E-state index in [0.717, 1.165) is 11.5 Å². The molecule has 1 aromatic carbocycles. The molecule has 0 fully saturated rings. The fraction of sp³-hybridized carbons (Fsp3) is 0.250. The smallest absolute Gasteiger partial charge is 0.123 e. The van der Waals surface area contributed by atoms with Crippen LogP contribution in [0.3, 0.4) is 0 Å². The summed E-state index contributed by atoms with van der Waals surface area (Å²) in [5, 5.41) is 0. The molecule has 0 unspecified atom stereocenters. The molecule has 2 nitrogen and oxygen atoms in total. The Balaban J connectivity index is 2.87. The molecule has 0 N–H and O–H groups in total. The van der Waals surface area contributed by atoms with E-state index in [-0.39, 0.29) is 0 Å². The fourth-order valence-corrected chi connectivity index (χ4v) is 0.665. The zero-order chi connectivity index (χ0) is 7.40. The van der Waals surface area contributed by atoms with Crippen LogP contribution in [0.2, 0.25) is 0 Å².